The van der Waals surface area contributed by atoms with Gasteiger partial charge in [0.1, 0.15) is 13.2 Å². The average Bonchev–Trinajstić information content (AvgIpc) is 3.21. The standard InChI is InChI=1S/C26H26IN3O2S/c1-3-30(4-2)29-28-22-13-7-20(8-14-22)10-16-24-26-25(31-17-18-32-26)23(33-24)15-9-19-5-11-21(27)12-6-19/h5-16H,3-4,17-18H2,1-2H3/b15-9+,16-10+,29-28?. The number of benzene rings is 2. The Hall–Kier alpha value is -2.65. The molecule has 5 nitrogen and oxygen atoms in total. The Balaban J connectivity index is 1.51. The van der Waals surface area contributed by atoms with Crippen molar-refractivity contribution in [2.75, 3.05) is 26.3 Å². The van der Waals surface area contributed by atoms with Crippen LogP contribution in [0.2, 0.25) is 0 Å². The summed E-state index contributed by atoms with van der Waals surface area (Å²) in [7, 11) is 0. The van der Waals surface area contributed by atoms with Crippen molar-refractivity contribution in [2.45, 2.75) is 13.8 Å². The zero-order valence-electron chi connectivity index (χ0n) is 18.7. The van der Waals surface area contributed by atoms with Crippen LogP contribution in [0.3, 0.4) is 0 Å². The van der Waals surface area contributed by atoms with Crippen molar-refractivity contribution >= 4 is 63.9 Å². The third kappa shape index (κ3) is 6.23. The number of rotatable bonds is 8. The van der Waals surface area contributed by atoms with E-state index in [9.17, 15) is 0 Å². The lowest BCUT2D eigenvalue weighted by atomic mass is 10.2. The Kier molecular flexibility index (Phi) is 8.17. The van der Waals surface area contributed by atoms with E-state index in [0.29, 0.717) is 13.2 Å². The van der Waals surface area contributed by atoms with Crippen molar-refractivity contribution in [1.29, 1.82) is 0 Å². The third-order valence-corrected chi connectivity index (χ3v) is 6.89. The molecule has 3 aromatic rings. The lowest BCUT2D eigenvalue weighted by molar-refractivity contribution is 0.173. The highest BCUT2D eigenvalue weighted by atomic mass is 127. The van der Waals surface area contributed by atoms with Gasteiger partial charge in [0.25, 0.3) is 0 Å². The van der Waals surface area contributed by atoms with E-state index in [1.54, 1.807) is 11.3 Å². The molecule has 170 valence electrons. The van der Waals surface area contributed by atoms with E-state index in [1.807, 2.05) is 29.3 Å². The molecular weight excluding hydrogens is 545 g/mol. The van der Waals surface area contributed by atoms with Gasteiger partial charge in [-0.2, -0.15) is 0 Å². The summed E-state index contributed by atoms with van der Waals surface area (Å²) in [6, 6.07) is 16.5. The van der Waals surface area contributed by atoms with Gasteiger partial charge in [-0.05, 0) is 84.0 Å². The molecule has 0 saturated heterocycles. The van der Waals surface area contributed by atoms with E-state index in [-0.39, 0.29) is 0 Å². The molecule has 4 rings (SSSR count). The number of hydrogen-bond acceptors (Lipinski definition) is 5. The normalized spacial score (nSPS) is 13.4. The second-order valence-electron chi connectivity index (χ2n) is 7.32. The van der Waals surface area contributed by atoms with Gasteiger partial charge in [0, 0.05) is 16.7 Å². The van der Waals surface area contributed by atoms with Gasteiger partial charge in [-0.1, -0.05) is 41.6 Å². The van der Waals surface area contributed by atoms with Crippen LogP contribution in [0.1, 0.15) is 34.7 Å². The Morgan fingerprint density at radius 2 is 1.33 bits per heavy atom. The monoisotopic (exact) mass is 571 g/mol. The van der Waals surface area contributed by atoms with E-state index < -0.39 is 0 Å². The zero-order chi connectivity index (χ0) is 23.0. The SMILES string of the molecule is CCN(CC)N=Nc1ccc(/C=C/c2sc(/C=C/c3ccc(I)cc3)c3c2OCCO3)cc1. The lowest BCUT2D eigenvalue weighted by Gasteiger charge is -2.16. The number of nitrogens with zero attached hydrogens (tertiary/aromatic N) is 3. The highest BCUT2D eigenvalue weighted by molar-refractivity contribution is 14.1. The van der Waals surface area contributed by atoms with E-state index >= 15 is 0 Å². The predicted molar refractivity (Wildman–Crippen MR) is 146 cm³/mol. The third-order valence-electron chi connectivity index (χ3n) is 5.08. The van der Waals surface area contributed by atoms with Crippen LogP contribution in [-0.2, 0) is 0 Å². The topological polar surface area (TPSA) is 46.4 Å². The van der Waals surface area contributed by atoms with Gasteiger partial charge < -0.3 is 9.47 Å². The first kappa shape index (κ1) is 23.5. The molecule has 1 aromatic heterocycles. The average molecular weight is 571 g/mol. The van der Waals surface area contributed by atoms with Crippen molar-refractivity contribution in [3.8, 4) is 11.5 Å². The summed E-state index contributed by atoms with van der Waals surface area (Å²) in [4.78, 5) is 2.12. The summed E-state index contributed by atoms with van der Waals surface area (Å²) in [5, 5.41) is 10.5. The van der Waals surface area contributed by atoms with Crippen LogP contribution in [0.5, 0.6) is 11.5 Å². The molecule has 0 N–H and O–H groups in total. The lowest BCUT2D eigenvalue weighted by Crippen LogP contribution is -2.14. The molecular formula is C26H26IN3O2S. The largest absolute Gasteiger partial charge is 0.485 e. The molecule has 2 heterocycles. The van der Waals surface area contributed by atoms with Crippen molar-refractivity contribution < 1.29 is 9.47 Å². The van der Waals surface area contributed by atoms with Crippen molar-refractivity contribution in [3.63, 3.8) is 0 Å². The fraction of sp³-hybridized carbons (Fsp3) is 0.231. The highest BCUT2D eigenvalue weighted by Gasteiger charge is 2.21. The van der Waals surface area contributed by atoms with Gasteiger partial charge >= 0.3 is 0 Å². The van der Waals surface area contributed by atoms with Crippen LogP contribution in [0.4, 0.5) is 5.69 Å². The molecule has 0 atom stereocenters. The Labute approximate surface area is 212 Å². The number of ether oxygens (including phenoxy) is 2. The molecule has 0 amide bonds. The maximum Gasteiger partial charge on any atom is 0.180 e. The number of fused-ring (bicyclic) bond motifs is 1. The van der Waals surface area contributed by atoms with Gasteiger partial charge in [0.05, 0.1) is 15.4 Å². The van der Waals surface area contributed by atoms with Gasteiger partial charge in [-0.3, -0.25) is 5.01 Å². The van der Waals surface area contributed by atoms with Crippen LogP contribution >= 0.6 is 33.9 Å². The minimum absolute atomic E-state index is 0.567. The number of hydrogen-bond donors (Lipinski definition) is 0. The first-order valence-electron chi connectivity index (χ1n) is 11.0. The molecule has 0 saturated carbocycles. The van der Waals surface area contributed by atoms with Gasteiger partial charge in [0.15, 0.2) is 11.5 Å². The van der Waals surface area contributed by atoms with Gasteiger partial charge in [-0.15, -0.1) is 16.5 Å². The first-order chi connectivity index (χ1) is 16.2. The Morgan fingerprint density at radius 1 is 0.818 bits per heavy atom. The summed E-state index contributed by atoms with van der Waals surface area (Å²) in [5.41, 5.74) is 3.09. The Bertz CT molecular complexity index is 1150. The second kappa shape index (κ2) is 11.5. The zero-order valence-corrected chi connectivity index (χ0v) is 21.7. The maximum absolute atomic E-state index is 5.95. The summed E-state index contributed by atoms with van der Waals surface area (Å²) >= 11 is 3.99. The minimum Gasteiger partial charge on any atom is -0.485 e. The van der Waals surface area contributed by atoms with Crippen LogP contribution in [0.15, 0.2) is 58.9 Å². The fourth-order valence-corrected chi connectivity index (χ4v) is 4.61. The number of thiophene rings is 1. The van der Waals surface area contributed by atoms with Crippen molar-refractivity contribution in [1.82, 2.24) is 5.01 Å². The number of halogens is 1. The molecule has 0 radical (unpaired) electrons. The van der Waals surface area contributed by atoms with E-state index in [2.05, 4.69) is 95.3 Å². The van der Waals surface area contributed by atoms with Gasteiger partial charge in [0.2, 0.25) is 0 Å². The fourth-order valence-electron chi connectivity index (χ4n) is 3.25. The predicted octanol–water partition coefficient (Wildman–Crippen LogP) is 7.81. The molecule has 0 unspecified atom stereocenters. The van der Waals surface area contributed by atoms with Crippen molar-refractivity contribution in [3.05, 3.63) is 73.0 Å². The molecule has 0 fully saturated rings. The Morgan fingerprint density at radius 3 is 1.85 bits per heavy atom. The molecule has 33 heavy (non-hydrogen) atoms. The molecule has 0 aliphatic carbocycles. The summed E-state index contributed by atoms with van der Waals surface area (Å²) in [5.74, 6) is 1.66. The summed E-state index contributed by atoms with van der Waals surface area (Å²) < 4.78 is 13.1. The quantitative estimate of drug-likeness (QED) is 0.157. The minimum atomic E-state index is 0.567. The van der Waals surface area contributed by atoms with E-state index in [1.165, 1.54) is 3.57 Å². The smallest absolute Gasteiger partial charge is 0.180 e. The van der Waals surface area contributed by atoms with Crippen molar-refractivity contribution in [2.24, 2.45) is 10.3 Å². The molecule has 0 bridgehead atoms. The van der Waals surface area contributed by atoms with Crippen LogP contribution in [-0.4, -0.2) is 31.3 Å². The summed E-state index contributed by atoms with van der Waals surface area (Å²) in [6.45, 7) is 6.97. The van der Waals surface area contributed by atoms with E-state index in [4.69, 9.17) is 9.47 Å². The molecule has 1 aliphatic rings. The maximum atomic E-state index is 5.95. The first-order valence-corrected chi connectivity index (χ1v) is 12.9. The van der Waals surface area contributed by atoms with Crippen LogP contribution < -0.4 is 9.47 Å². The van der Waals surface area contributed by atoms with Gasteiger partial charge in [-0.25, -0.2) is 0 Å². The molecule has 7 heteroatoms. The second-order valence-corrected chi connectivity index (χ2v) is 9.65. The molecule has 0 spiro atoms. The highest BCUT2D eigenvalue weighted by Crippen LogP contribution is 2.45. The van der Waals surface area contributed by atoms with Crippen LogP contribution in [0, 0.1) is 3.57 Å². The van der Waals surface area contributed by atoms with E-state index in [0.717, 1.165) is 51.2 Å². The summed E-state index contributed by atoms with van der Waals surface area (Å²) in [6.07, 6.45) is 8.39. The molecule has 1 aliphatic heterocycles. The van der Waals surface area contributed by atoms with Crippen LogP contribution in [0.25, 0.3) is 24.3 Å². The molecule has 2 aromatic carbocycles.